The Morgan fingerprint density at radius 1 is 1.16 bits per heavy atom. The summed E-state index contributed by atoms with van der Waals surface area (Å²) in [6, 6.07) is 13.8. The minimum absolute atomic E-state index is 0.00370. The van der Waals surface area contributed by atoms with Gasteiger partial charge in [0.05, 0.1) is 18.8 Å². The largest absolute Gasteiger partial charge is 0.395 e. The summed E-state index contributed by atoms with van der Waals surface area (Å²) in [6.07, 6.45) is 4.75. The summed E-state index contributed by atoms with van der Waals surface area (Å²) in [5.41, 5.74) is 2.38. The number of likely N-dealkylation sites (N-methyl/N-ethyl adjacent to an activating group) is 1. The molecular formula is C23H26FN5O2. The minimum Gasteiger partial charge on any atom is -0.395 e. The van der Waals surface area contributed by atoms with Gasteiger partial charge in [0, 0.05) is 32.5 Å². The Bertz CT molecular complexity index is 987. The van der Waals surface area contributed by atoms with Crippen LogP contribution in [0.15, 0.2) is 60.9 Å². The molecule has 2 heterocycles. The van der Waals surface area contributed by atoms with Crippen molar-refractivity contribution in [3.8, 4) is 0 Å². The number of pyridine rings is 2. The van der Waals surface area contributed by atoms with Gasteiger partial charge in [-0.3, -0.25) is 9.78 Å². The number of halogens is 1. The van der Waals surface area contributed by atoms with Crippen molar-refractivity contribution >= 4 is 23.7 Å². The van der Waals surface area contributed by atoms with Gasteiger partial charge in [-0.1, -0.05) is 18.2 Å². The highest BCUT2D eigenvalue weighted by atomic mass is 19.1. The number of nitrogens with one attached hydrogen (secondary N) is 1. The first-order chi connectivity index (χ1) is 15.1. The quantitative estimate of drug-likeness (QED) is 0.462. The summed E-state index contributed by atoms with van der Waals surface area (Å²) in [4.78, 5) is 24.0. The number of benzene rings is 1. The summed E-state index contributed by atoms with van der Waals surface area (Å²) < 4.78 is 13.4. The van der Waals surface area contributed by atoms with Crippen molar-refractivity contribution in [2.75, 3.05) is 41.9 Å². The average molecular weight is 423 g/mol. The molecule has 2 aromatic heterocycles. The molecule has 1 amide bonds. The molecule has 31 heavy (non-hydrogen) atoms. The van der Waals surface area contributed by atoms with E-state index in [-0.39, 0.29) is 12.4 Å². The molecular weight excluding hydrogens is 397 g/mol. The molecule has 0 spiro atoms. The summed E-state index contributed by atoms with van der Waals surface area (Å²) in [7, 11) is 1.84. The number of hydrogen-bond acceptors (Lipinski definition) is 6. The van der Waals surface area contributed by atoms with E-state index in [0.29, 0.717) is 43.4 Å². The molecule has 0 radical (unpaired) electrons. The third-order valence-corrected chi connectivity index (χ3v) is 4.79. The number of hydrogen-bond donors (Lipinski definition) is 2. The molecule has 0 aliphatic rings. The normalized spacial score (nSPS) is 10.5. The molecule has 3 rings (SSSR count). The number of amides is 1. The Morgan fingerprint density at radius 2 is 2.00 bits per heavy atom. The van der Waals surface area contributed by atoms with Gasteiger partial charge in [0.25, 0.3) is 0 Å². The highest BCUT2D eigenvalue weighted by Gasteiger charge is 2.15. The lowest BCUT2D eigenvalue weighted by molar-refractivity contribution is -0.107. The van der Waals surface area contributed by atoms with Crippen LogP contribution in [0.4, 0.5) is 21.7 Å². The van der Waals surface area contributed by atoms with E-state index in [0.717, 1.165) is 17.5 Å². The fourth-order valence-electron chi connectivity index (χ4n) is 3.17. The summed E-state index contributed by atoms with van der Waals surface area (Å²) in [5.74, 6) is 0.931. The number of aliphatic hydroxyl groups excluding tert-OH is 1. The van der Waals surface area contributed by atoms with E-state index >= 15 is 0 Å². The molecule has 8 heteroatoms. The average Bonchev–Trinajstić information content (AvgIpc) is 2.78. The number of carbonyl (C=O) groups excluding carboxylic acids is 1. The van der Waals surface area contributed by atoms with Crippen LogP contribution >= 0.6 is 0 Å². The lowest BCUT2D eigenvalue weighted by Gasteiger charge is -2.24. The summed E-state index contributed by atoms with van der Waals surface area (Å²) in [5, 5.41) is 12.5. The minimum atomic E-state index is -0.271. The molecule has 0 fully saturated rings. The van der Waals surface area contributed by atoms with E-state index in [9.17, 15) is 14.3 Å². The molecule has 1 aromatic carbocycles. The Balaban J connectivity index is 1.83. The van der Waals surface area contributed by atoms with Gasteiger partial charge in [0.2, 0.25) is 6.41 Å². The number of aliphatic hydroxyl groups is 1. The lowest BCUT2D eigenvalue weighted by Crippen LogP contribution is -2.25. The predicted octanol–water partition coefficient (Wildman–Crippen LogP) is 2.86. The fourth-order valence-corrected chi connectivity index (χ4v) is 3.17. The smallest absolute Gasteiger partial charge is 0.214 e. The first-order valence-electron chi connectivity index (χ1n) is 10.0. The van der Waals surface area contributed by atoms with E-state index in [1.165, 1.54) is 12.1 Å². The Labute approximate surface area is 181 Å². The van der Waals surface area contributed by atoms with Crippen LogP contribution < -0.4 is 15.1 Å². The summed E-state index contributed by atoms with van der Waals surface area (Å²) >= 11 is 0. The standard InChI is InChI=1S/C23H26FN5O2/c1-28(12-13-30)22-8-7-21(29(17-31)16-19-5-3-10-25-15-19)23(27-22)26-11-9-18-4-2-6-20(24)14-18/h2-8,10,14-15,17,30H,9,11-13,16H2,1H3,(H,26,27). The molecule has 3 aromatic rings. The molecule has 0 saturated heterocycles. The van der Waals surface area contributed by atoms with Crippen LogP contribution in [0.2, 0.25) is 0 Å². The highest BCUT2D eigenvalue weighted by molar-refractivity contribution is 5.82. The third-order valence-electron chi connectivity index (χ3n) is 4.79. The van der Waals surface area contributed by atoms with Gasteiger partial charge >= 0.3 is 0 Å². The van der Waals surface area contributed by atoms with Crippen LogP contribution in [0.5, 0.6) is 0 Å². The predicted molar refractivity (Wildman–Crippen MR) is 120 cm³/mol. The first-order valence-corrected chi connectivity index (χ1v) is 10.0. The Morgan fingerprint density at radius 3 is 2.71 bits per heavy atom. The summed E-state index contributed by atoms with van der Waals surface area (Å²) in [6.45, 7) is 1.30. The van der Waals surface area contributed by atoms with Gasteiger partial charge in [-0.25, -0.2) is 9.37 Å². The van der Waals surface area contributed by atoms with Crippen molar-refractivity contribution in [3.05, 3.63) is 77.9 Å². The zero-order valence-corrected chi connectivity index (χ0v) is 17.4. The zero-order valence-electron chi connectivity index (χ0n) is 17.4. The molecule has 0 saturated carbocycles. The van der Waals surface area contributed by atoms with Crippen LogP contribution in [-0.2, 0) is 17.8 Å². The maximum Gasteiger partial charge on any atom is 0.214 e. The van der Waals surface area contributed by atoms with E-state index in [1.807, 2.05) is 42.3 Å². The molecule has 7 nitrogen and oxygen atoms in total. The van der Waals surface area contributed by atoms with E-state index < -0.39 is 0 Å². The van der Waals surface area contributed by atoms with Crippen LogP contribution in [-0.4, -0.2) is 48.2 Å². The molecule has 0 bridgehead atoms. The lowest BCUT2D eigenvalue weighted by atomic mass is 10.1. The third kappa shape index (κ3) is 6.23. The Kier molecular flexibility index (Phi) is 7.89. The Hall–Kier alpha value is -3.52. The van der Waals surface area contributed by atoms with Crippen molar-refractivity contribution < 1.29 is 14.3 Å². The van der Waals surface area contributed by atoms with Crippen LogP contribution in [0.25, 0.3) is 0 Å². The van der Waals surface area contributed by atoms with Crippen molar-refractivity contribution in [2.24, 2.45) is 0 Å². The number of nitrogens with zero attached hydrogens (tertiary/aromatic N) is 4. The van der Waals surface area contributed by atoms with Gasteiger partial charge in [-0.05, 0) is 47.9 Å². The topological polar surface area (TPSA) is 81.6 Å². The van der Waals surface area contributed by atoms with Crippen molar-refractivity contribution in [1.29, 1.82) is 0 Å². The van der Waals surface area contributed by atoms with E-state index in [2.05, 4.69) is 15.3 Å². The van der Waals surface area contributed by atoms with Gasteiger partial charge < -0.3 is 20.2 Å². The van der Waals surface area contributed by atoms with Crippen LogP contribution in [0.3, 0.4) is 0 Å². The molecule has 0 unspecified atom stereocenters. The van der Waals surface area contributed by atoms with E-state index in [4.69, 9.17) is 0 Å². The SMILES string of the molecule is CN(CCO)c1ccc(N(C=O)Cc2cccnc2)c(NCCc2cccc(F)c2)n1. The highest BCUT2D eigenvalue weighted by Crippen LogP contribution is 2.27. The second-order valence-corrected chi connectivity index (χ2v) is 7.08. The van der Waals surface area contributed by atoms with Gasteiger partial charge in [-0.15, -0.1) is 0 Å². The van der Waals surface area contributed by atoms with Crippen molar-refractivity contribution in [1.82, 2.24) is 9.97 Å². The van der Waals surface area contributed by atoms with Crippen molar-refractivity contribution in [2.45, 2.75) is 13.0 Å². The number of aromatic nitrogens is 2. The molecule has 162 valence electrons. The van der Waals surface area contributed by atoms with Crippen LogP contribution in [0.1, 0.15) is 11.1 Å². The zero-order chi connectivity index (χ0) is 22.1. The van der Waals surface area contributed by atoms with E-state index in [1.54, 1.807) is 23.4 Å². The van der Waals surface area contributed by atoms with Crippen LogP contribution in [0, 0.1) is 5.82 Å². The second kappa shape index (κ2) is 11.0. The molecule has 2 N–H and O–H groups in total. The van der Waals surface area contributed by atoms with Gasteiger partial charge in [-0.2, -0.15) is 0 Å². The number of carbonyl (C=O) groups is 1. The number of anilines is 3. The second-order valence-electron chi connectivity index (χ2n) is 7.08. The monoisotopic (exact) mass is 423 g/mol. The van der Waals surface area contributed by atoms with Gasteiger partial charge in [0.15, 0.2) is 5.82 Å². The molecule has 0 atom stereocenters. The maximum absolute atomic E-state index is 13.4. The van der Waals surface area contributed by atoms with Gasteiger partial charge in [0.1, 0.15) is 11.6 Å². The molecule has 0 aliphatic carbocycles. The number of rotatable bonds is 11. The van der Waals surface area contributed by atoms with Crippen molar-refractivity contribution in [3.63, 3.8) is 0 Å². The fraction of sp³-hybridized carbons (Fsp3) is 0.261. The first kappa shape index (κ1) is 22.2. The maximum atomic E-state index is 13.4. The molecule has 0 aliphatic heterocycles.